The molecule has 2 aromatic heterocycles. The smallest absolute Gasteiger partial charge is 0.252 e. The van der Waals surface area contributed by atoms with Gasteiger partial charge in [0.15, 0.2) is 5.82 Å². The van der Waals surface area contributed by atoms with Gasteiger partial charge in [-0.15, -0.1) is 17.5 Å². The molecule has 0 fully saturated rings. The van der Waals surface area contributed by atoms with Crippen LogP contribution in [0.1, 0.15) is 40.3 Å². The van der Waals surface area contributed by atoms with E-state index in [1.807, 2.05) is 45.9 Å². The number of anilines is 1. The van der Waals surface area contributed by atoms with Crippen molar-refractivity contribution in [3.8, 4) is 0 Å². The molecular weight excluding hydrogens is 364 g/mol. The second-order valence-corrected chi connectivity index (χ2v) is 6.57. The van der Waals surface area contributed by atoms with Gasteiger partial charge in [0.2, 0.25) is 5.91 Å². The van der Waals surface area contributed by atoms with Crippen molar-refractivity contribution in [3.05, 3.63) is 52.1 Å². The maximum absolute atomic E-state index is 12.4. The third-order valence-electron chi connectivity index (χ3n) is 4.54. The van der Waals surface area contributed by atoms with Crippen LogP contribution in [0.3, 0.4) is 0 Å². The van der Waals surface area contributed by atoms with Crippen molar-refractivity contribution >= 4 is 29.8 Å². The standard InChI is InChI=1S/C19H24N6O.ClH/c1-11-5-6-12(2)16(9-11)22-18(26)8-7-15-13(3)21-19-23-17(10-20)24-25(19)14(15)4;/h5-6,9H,7-8,10,20H2,1-4H3,(H,22,26);1H. The fraction of sp³-hybridized carbons (Fsp3) is 0.368. The van der Waals surface area contributed by atoms with E-state index >= 15 is 0 Å². The summed E-state index contributed by atoms with van der Waals surface area (Å²) in [5.74, 6) is 1.09. The summed E-state index contributed by atoms with van der Waals surface area (Å²) in [5.41, 5.74) is 11.5. The molecule has 0 saturated heterocycles. The molecule has 2 heterocycles. The Kier molecular flexibility index (Phi) is 6.51. The number of amides is 1. The number of halogens is 1. The second-order valence-electron chi connectivity index (χ2n) is 6.57. The number of aromatic nitrogens is 4. The molecule has 144 valence electrons. The molecule has 3 aromatic rings. The Hall–Kier alpha value is -2.51. The Labute approximate surface area is 164 Å². The highest BCUT2D eigenvalue weighted by molar-refractivity contribution is 5.91. The monoisotopic (exact) mass is 388 g/mol. The average Bonchev–Trinajstić information content (AvgIpc) is 3.01. The predicted octanol–water partition coefficient (Wildman–Crippen LogP) is 2.81. The van der Waals surface area contributed by atoms with Crippen LogP contribution in [0.2, 0.25) is 0 Å². The zero-order valence-electron chi connectivity index (χ0n) is 16.0. The molecule has 27 heavy (non-hydrogen) atoms. The van der Waals surface area contributed by atoms with Crippen LogP contribution in [0.15, 0.2) is 18.2 Å². The largest absolute Gasteiger partial charge is 0.326 e. The maximum Gasteiger partial charge on any atom is 0.252 e. The summed E-state index contributed by atoms with van der Waals surface area (Å²) in [4.78, 5) is 21.2. The number of fused-ring (bicyclic) bond motifs is 1. The van der Waals surface area contributed by atoms with Crippen LogP contribution in [0.5, 0.6) is 0 Å². The highest BCUT2D eigenvalue weighted by Gasteiger charge is 2.14. The third-order valence-corrected chi connectivity index (χ3v) is 4.54. The first-order chi connectivity index (χ1) is 12.4. The molecule has 3 rings (SSSR count). The van der Waals surface area contributed by atoms with Gasteiger partial charge in [-0.25, -0.2) is 9.50 Å². The Morgan fingerprint density at radius 2 is 1.93 bits per heavy atom. The number of nitrogens with zero attached hydrogens (tertiary/aromatic N) is 4. The Morgan fingerprint density at radius 1 is 1.19 bits per heavy atom. The Balaban J connectivity index is 0.00000261. The lowest BCUT2D eigenvalue weighted by molar-refractivity contribution is -0.116. The van der Waals surface area contributed by atoms with E-state index in [4.69, 9.17) is 5.73 Å². The van der Waals surface area contributed by atoms with Crippen molar-refractivity contribution in [2.75, 3.05) is 5.32 Å². The topological polar surface area (TPSA) is 98.2 Å². The first-order valence-corrected chi connectivity index (χ1v) is 8.68. The van der Waals surface area contributed by atoms with Gasteiger partial charge in [0.05, 0.1) is 6.54 Å². The molecule has 0 aliphatic rings. The van der Waals surface area contributed by atoms with Crippen molar-refractivity contribution in [3.63, 3.8) is 0 Å². The molecule has 1 aromatic carbocycles. The summed E-state index contributed by atoms with van der Waals surface area (Å²) in [6, 6.07) is 6.03. The quantitative estimate of drug-likeness (QED) is 0.700. The van der Waals surface area contributed by atoms with Crippen LogP contribution in [-0.2, 0) is 17.8 Å². The lowest BCUT2D eigenvalue weighted by Gasteiger charge is -2.12. The van der Waals surface area contributed by atoms with Gasteiger partial charge in [-0.2, -0.15) is 4.98 Å². The maximum atomic E-state index is 12.4. The molecule has 8 heteroatoms. The van der Waals surface area contributed by atoms with Crippen LogP contribution in [-0.4, -0.2) is 25.5 Å². The third kappa shape index (κ3) is 4.43. The molecule has 0 unspecified atom stereocenters. The molecular formula is C19H25ClN6O. The number of carbonyl (C=O) groups excluding carboxylic acids is 1. The number of hydrogen-bond acceptors (Lipinski definition) is 5. The SMILES string of the molecule is Cc1ccc(C)c(NC(=O)CCc2c(C)nc3nc(CN)nn3c2C)c1.Cl. The number of nitrogens with two attached hydrogens (primary N) is 1. The van der Waals surface area contributed by atoms with Gasteiger partial charge in [-0.3, -0.25) is 4.79 Å². The first-order valence-electron chi connectivity index (χ1n) is 8.68. The molecule has 3 N–H and O–H groups in total. The van der Waals surface area contributed by atoms with Crippen LogP contribution in [0.4, 0.5) is 5.69 Å². The van der Waals surface area contributed by atoms with Crippen molar-refractivity contribution in [2.45, 2.75) is 47.1 Å². The minimum absolute atomic E-state index is 0. The molecule has 0 aliphatic heterocycles. The summed E-state index contributed by atoms with van der Waals surface area (Å²) in [7, 11) is 0. The molecule has 0 atom stereocenters. The number of hydrogen-bond donors (Lipinski definition) is 2. The average molecular weight is 389 g/mol. The zero-order valence-corrected chi connectivity index (χ0v) is 16.9. The van der Waals surface area contributed by atoms with E-state index in [0.717, 1.165) is 33.8 Å². The van der Waals surface area contributed by atoms with Crippen LogP contribution >= 0.6 is 12.4 Å². The summed E-state index contributed by atoms with van der Waals surface area (Å²) in [6.07, 6.45) is 0.968. The summed E-state index contributed by atoms with van der Waals surface area (Å²) >= 11 is 0. The molecule has 7 nitrogen and oxygen atoms in total. The van der Waals surface area contributed by atoms with Crippen molar-refractivity contribution < 1.29 is 4.79 Å². The van der Waals surface area contributed by atoms with Gasteiger partial charge >= 0.3 is 0 Å². The molecule has 1 amide bonds. The molecule has 0 bridgehead atoms. The van der Waals surface area contributed by atoms with E-state index in [9.17, 15) is 4.79 Å². The van der Waals surface area contributed by atoms with E-state index in [2.05, 4.69) is 20.4 Å². The number of aryl methyl sites for hydroxylation is 4. The zero-order chi connectivity index (χ0) is 18.8. The van der Waals surface area contributed by atoms with Gasteiger partial charge in [0, 0.05) is 23.5 Å². The predicted molar refractivity (Wildman–Crippen MR) is 108 cm³/mol. The lowest BCUT2D eigenvalue weighted by Crippen LogP contribution is -2.15. The van der Waals surface area contributed by atoms with Gasteiger partial charge in [0.25, 0.3) is 5.78 Å². The lowest BCUT2D eigenvalue weighted by atomic mass is 10.1. The van der Waals surface area contributed by atoms with Crippen molar-refractivity contribution in [2.24, 2.45) is 5.73 Å². The van der Waals surface area contributed by atoms with Crippen LogP contribution in [0.25, 0.3) is 5.78 Å². The minimum atomic E-state index is -0.0150. The summed E-state index contributed by atoms with van der Waals surface area (Å²) in [5, 5.41) is 7.37. The van der Waals surface area contributed by atoms with E-state index in [1.54, 1.807) is 4.52 Å². The second kappa shape index (κ2) is 8.45. The van der Waals surface area contributed by atoms with Gasteiger partial charge in [0.1, 0.15) is 0 Å². The van der Waals surface area contributed by atoms with Crippen molar-refractivity contribution in [1.82, 2.24) is 19.6 Å². The summed E-state index contributed by atoms with van der Waals surface area (Å²) < 4.78 is 1.70. The van der Waals surface area contributed by atoms with Crippen LogP contribution in [0, 0.1) is 27.7 Å². The van der Waals surface area contributed by atoms with E-state index in [-0.39, 0.29) is 24.9 Å². The van der Waals surface area contributed by atoms with Crippen LogP contribution < -0.4 is 11.1 Å². The number of nitrogens with one attached hydrogen (secondary N) is 1. The van der Waals surface area contributed by atoms with E-state index < -0.39 is 0 Å². The molecule has 0 saturated carbocycles. The number of rotatable bonds is 5. The van der Waals surface area contributed by atoms with Gasteiger partial charge in [-0.1, -0.05) is 12.1 Å². The molecule has 0 aliphatic carbocycles. The van der Waals surface area contributed by atoms with E-state index in [0.29, 0.717) is 24.4 Å². The Morgan fingerprint density at radius 3 is 2.63 bits per heavy atom. The number of benzene rings is 1. The highest BCUT2D eigenvalue weighted by atomic mass is 35.5. The van der Waals surface area contributed by atoms with Gasteiger partial charge < -0.3 is 11.1 Å². The highest BCUT2D eigenvalue weighted by Crippen LogP contribution is 2.18. The minimum Gasteiger partial charge on any atom is -0.326 e. The fourth-order valence-electron chi connectivity index (χ4n) is 3.02. The summed E-state index contributed by atoms with van der Waals surface area (Å²) in [6.45, 7) is 8.17. The number of carbonyl (C=O) groups is 1. The van der Waals surface area contributed by atoms with Crippen molar-refractivity contribution in [1.29, 1.82) is 0 Å². The normalized spacial score (nSPS) is 10.7. The fourth-order valence-corrected chi connectivity index (χ4v) is 3.02. The Bertz CT molecular complexity index is 982. The molecule has 0 spiro atoms. The first kappa shape index (κ1) is 20.8. The molecule has 0 radical (unpaired) electrons. The van der Waals surface area contributed by atoms with Gasteiger partial charge in [-0.05, 0) is 56.9 Å². The van der Waals surface area contributed by atoms with E-state index in [1.165, 1.54) is 0 Å².